The van der Waals surface area contributed by atoms with Crippen LogP contribution < -0.4 is 9.80 Å². The van der Waals surface area contributed by atoms with E-state index < -0.39 is 0 Å². The van der Waals surface area contributed by atoms with Gasteiger partial charge in [-0.2, -0.15) is 0 Å². The molecule has 2 heterocycles. The Balaban J connectivity index is 1.34. The van der Waals surface area contributed by atoms with Crippen LogP contribution in [0.5, 0.6) is 0 Å². The maximum Gasteiger partial charge on any atom is 0.265 e. The highest BCUT2D eigenvalue weighted by Crippen LogP contribution is 2.42. The molecule has 0 radical (unpaired) electrons. The van der Waals surface area contributed by atoms with Gasteiger partial charge >= 0.3 is 0 Å². The first kappa shape index (κ1) is 24.5. The van der Waals surface area contributed by atoms with E-state index in [1.807, 2.05) is 53.4 Å². The average Bonchev–Trinajstić information content (AvgIpc) is 2.86. The van der Waals surface area contributed by atoms with Crippen molar-refractivity contribution in [2.24, 2.45) is 0 Å². The standard InChI is InChI=1S/C29H28ClN3O2S/c1-20-7-5-10-24(15-20)32-14-13-31(18-21(32)2)28(34)19-33-25-11-3-4-12-26(25)36-27(29(33)35)17-22-8-6-9-23(30)16-22/h3-12,15-17,21H,13-14,18-19H2,1-2H3. The van der Waals surface area contributed by atoms with E-state index in [1.54, 1.807) is 11.0 Å². The van der Waals surface area contributed by atoms with Gasteiger partial charge in [0.15, 0.2) is 0 Å². The van der Waals surface area contributed by atoms with E-state index in [0.717, 1.165) is 22.7 Å². The predicted octanol–water partition coefficient (Wildman–Crippen LogP) is 5.87. The molecule has 0 bridgehead atoms. The lowest BCUT2D eigenvalue weighted by Gasteiger charge is -2.42. The van der Waals surface area contributed by atoms with Crippen molar-refractivity contribution in [3.05, 3.63) is 93.9 Å². The molecule has 2 amide bonds. The van der Waals surface area contributed by atoms with Crippen LogP contribution in [0.15, 0.2) is 82.6 Å². The number of rotatable bonds is 4. The van der Waals surface area contributed by atoms with Gasteiger partial charge in [0.05, 0.1) is 10.6 Å². The summed E-state index contributed by atoms with van der Waals surface area (Å²) in [5.74, 6) is -0.207. The number of amides is 2. The van der Waals surface area contributed by atoms with Crippen molar-refractivity contribution in [2.45, 2.75) is 24.8 Å². The molecule has 5 rings (SSSR count). The number of carbonyl (C=O) groups is 2. The third-order valence-corrected chi connectivity index (χ3v) is 7.90. The lowest BCUT2D eigenvalue weighted by molar-refractivity contribution is -0.131. The van der Waals surface area contributed by atoms with Crippen LogP contribution in [0.25, 0.3) is 6.08 Å². The maximum absolute atomic E-state index is 13.6. The Morgan fingerprint density at radius 2 is 1.86 bits per heavy atom. The van der Waals surface area contributed by atoms with E-state index >= 15 is 0 Å². The number of para-hydroxylation sites is 1. The summed E-state index contributed by atoms with van der Waals surface area (Å²) in [6.07, 6.45) is 1.84. The van der Waals surface area contributed by atoms with Crippen LogP contribution in [0.3, 0.4) is 0 Å². The molecule has 3 aromatic rings. The van der Waals surface area contributed by atoms with E-state index in [1.165, 1.54) is 23.0 Å². The summed E-state index contributed by atoms with van der Waals surface area (Å²) in [5, 5.41) is 0.615. The van der Waals surface area contributed by atoms with E-state index in [9.17, 15) is 9.59 Å². The van der Waals surface area contributed by atoms with Crippen LogP contribution in [-0.4, -0.2) is 48.9 Å². The van der Waals surface area contributed by atoms with Gasteiger partial charge in [-0.25, -0.2) is 0 Å². The first-order valence-corrected chi connectivity index (χ1v) is 13.3. The van der Waals surface area contributed by atoms with Crippen LogP contribution in [0.1, 0.15) is 18.1 Å². The highest BCUT2D eigenvalue weighted by Gasteiger charge is 2.33. The third-order valence-electron chi connectivity index (χ3n) is 6.59. The molecule has 2 aliphatic rings. The molecule has 0 spiro atoms. The molecular formula is C29H28ClN3O2S. The van der Waals surface area contributed by atoms with Crippen LogP contribution >= 0.6 is 23.4 Å². The zero-order valence-corrected chi connectivity index (χ0v) is 21.9. The van der Waals surface area contributed by atoms with Crippen molar-refractivity contribution in [2.75, 3.05) is 36.0 Å². The van der Waals surface area contributed by atoms with E-state index in [-0.39, 0.29) is 24.4 Å². The van der Waals surface area contributed by atoms with Crippen molar-refractivity contribution >= 4 is 52.6 Å². The van der Waals surface area contributed by atoms with Gasteiger partial charge in [0.1, 0.15) is 6.54 Å². The Labute approximate surface area is 221 Å². The molecule has 0 aromatic heterocycles. The molecule has 36 heavy (non-hydrogen) atoms. The number of halogens is 1. The Hall–Kier alpha value is -3.22. The van der Waals surface area contributed by atoms with Crippen LogP contribution in [0, 0.1) is 6.92 Å². The summed E-state index contributed by atoms with van der Waals surface area (Å²) in [6, 6.07) is 23.8. The maximum atomic E-state index is 13.6. The molecule has 0 N–H and O–H groups in total. The number of hydrogen-bond acceptors (Lipinski definition) is 4. The van der Waals surface area contributed by atoms with Gasteiger partial charge in [-0.1, -0.05) is 59.8 Å². The third kappa shape index (κ3) is 5.15. The Morgan fingerprint density at radius 3 is 2.64 bits per heavy atom. The zero-order valence-electron chi connectivity index (χ0n) is 20.4. The van der Waals surface area contributed by atoms with E-state index in [2.05, 4.69) is 43.0 Å². The largest absolute Gasteiger partial charge is 0.365 e. The minimum Gasteiger partial charge on any atom is -0.365 e. The molecular weight excluding hydrogens is 490 g/mol. The summed E-state index contributed by atoms with van der Waals surface area (Å²) >= 11 is 7.57. The van der Waals surface area contributed by atoms with Crippen molar-refractivity contribution in [3.63, 3.8) is 0 Å². The van der Waals surface area contributed by atoms with Gasteiger partial charge in [-0.3, -0.25) is 14.5 Å². The molecule has 3 aromatic carbocycles. The first-order chi connectivity index (χ1) is 17.4. The van der Waals surface area contributed by atoms with Crippen molar-refractivity contribution in [1.29, 1.82) is 0 Å². The number of anilines is 2. The molecule has 1 fully saturated rings. The smallest absolute Gasteiger partial charge is 0.265 e. The van der Waals surface area contributed by atoms with Gasteiger partial charge in [-0.05, 0) is 67.4 Å². The normalized spacial score (nSPS) is 19.0. The molecule has 1 atom stereocenters. The summed E-state index contributed by atoms with van der Waals surface area (Å²) in [5.41, 5.74) is 4.03. The quantitative estimate of drug-likeness (QED) is 0.406. The number of hydrogen-bond donors (Lipinski definition) is 0. The lowest BCUT2D eigenvalue weighted by atomic mass is 10.1. The Bertz CT molecular complexity index is 1340. The second kappa shape index (κ2) is 10.4. The number of fused-ring (bicyclic) bond motifs is 1. The fourth-order valence-corrected chi connectivity index (χ4v) is 6.03. The molecule has 0 saturated carbocycles. The molecule has 0 aliphatic carbocycles. The highest BCUT2D eigenvalue weighted by molar-refractivity contribution is 8.04. The second-order valence-electron chi connectivity index (χ2n) is 9.25. The number of nitrogens with zero attached hydrogens (tertiary/aromatic N) is 3. The molecule has 184 valence electrons. The van der Waals surface area contributed by atoms with Crippen molar-refractivity contribution in [3.8, 4) is 0 Å². The number of piperazine rings is 1. The molecule has 1 unspecified atom stereocenters. The number of benzene rings is 3. The zero-order chi connectivity index (χ0) is 25.2. The summed E-state index contributed by atoms with van der Waals surface area (Å²) < 4.78 is 0. The molecule has 7 heteroatoms. The van der Waals surface area contributed by atoms with Gasteiger partial charge < -0.3 is 9.80 Å². The van der Waals surface area contributed by atoms with E-state index in [4.69, 9.17) is 11.6 Å². The van der Waals surface area contributed by atoms with Gasteiger partial charge in [0, 0.05) is 41.3 Å². The van der Waals surface area contributed by atoms with Crippen LogP contribution in [0.2, 0.25) is 5.02 Å². The SMILES string of the molecule is Cc1cccc(N2CCN(C(=O)CN3C(=O)C(=Cc4cccc(Cl)c4)Sc4ccccc43)CC2C)c1. The van der Waals surface area contributed by atoms with Gasteiger partial charge in [0.25, 0.3) is 5.91 Å². The fourth-order valence-electron chi connectivity index (χ4n) is 4.78. The Morgan fingerprint density at radius 1 is 1.06 bits per heavy atom. The molecule has 2 aliphatic heterocycles. The number of carbonyl (C=O) groups excluding carboxylic acids is 2. The average molecular weight is 518 g/mol. The number of aryl methyl sites for hydroxylation is 1. The van der Waals surface area contributed by atoms with Crippen LogP contribution in [0.4, 0.5) is 11.4 Å². The molecule has 5 nitrogen and oxygen atoms in total. The van der Waals surface area contributed by atoms with Gasteiger partial charge in [-0.15, -0.1) is 0 Å². The molecule has 1 saturated heterocycles. The summed E-state index contributed by atoms with van der Waals surface area (Å²) in [7, 11) is 0. The van der Waals surface area contributed by atoms with Crippen molar-refractivity contribution in [1.82, 2.24) is 4.90 Å². The predicted molar refractivity (Wildman–Crippen MR) is 149 cm³/mol. The highest BCUT2D eigenvalue weighted by atomic mass is 35.5. The first-order valence-electron chi connectivity index (χ1n) is 12.1. The van der Waals surface area contributed by atoms with E-state index in [0.29, 0.717) is 23.0 Å². The second-order valence-corrected chi connectivity index (χ2v) is 10.8. The lowest BCUT2D eigenvalue weighted by Crippen LogP contribution is -2.56. The fraction of sp³-hybridized carbons (Fsp3) is 0.241. The van der Waals surface area contributed by atoms with Crippen LogP contribution in [-0.2, 0) is 9.59 Å². The Kier molecular flexibility index (Phi) is 7.08. The number of thioether (sulfide) groups is 1. The minimum absolute atomic E-state index is 0.0143. The summed E-state index contributed by atoms with van der Waals surface area (Å²) in [4.78, 5) is 34.4. The minimum atomic E-state index is -0.168. The van der Waals surface area contributed by atoms with Crippen molar-refractivity contribution < 1.29 is 9.59 Å². The monoisotopic (exact) mass is 517 g/mol. The summed E-state index contributed by atoms with van der Waals surface area (Å²) in [6.45, 7) is 6.26. The van der Waals surface area contributed by atoms with Gasteiger partial charge in [0.2, 0.25) is 5.91 Å². The topological polar surface area (TPSA) is 43.9 Å².